The molecule has 1 aliphatic heterocycles. The molecule has 1 aromatic carbocycles. The Balaban J connectivity index is 1.84. The first-order chi connectivity index (χ1) is 10.1. The van der Waals surface area contributed by atoms with Crippen molar-refractivity contribution in [3.63, 3.8) is 0 Å². The van der Waals surface area contributed by atoms with E-state index in [0.29, 0.717) is 12.3 Å². The fraction of sp³-hybridized carbons (Fsp3) is 0.267. The topological polar surface area (TPSA) is 68.3 Å². The van der Waals surface area contributed by atoms with E-state index in [0.717, 1.165) is 17.7 Å². The van der Waals surface area contributed by atoms with E-state index in [-0.39, 0.29) is 10.9 Å². The van der Waals surface area contributed by atoms with E-state index in [2.05, 4.69) is 9.71 Å². The lowest BCUT2D eigenvalue weighted by atomic mass is 10.2. The van der Waals surface area contributed by atoms with E-state index < -0.39 is 10.0 Å². The van der Waals surface area contributed by atoms with Crippen molar-refractivity contribution >= 4 is 10.0 Å². The predicted octanol–water partition coefficient (Wildman–Crippen LogP) is 2.06. The molecule has 1 atom stereocenters. The molecule has 0 saturated heterocycles. The zero-order valence-electron chi connectivity index (χ0n) is 11.6. The van der Waals surface area contributed by atoms with Gasteiger partial charge in [-0.3, -0.25) is 4.98 Å². The Hall–Kier alpha value is -1.92. The predicted molar refractivity (Wildman–Crippen MR) is 78.6 cm³/mol. The third kappa shape index (κ3) is 2.91. The maximum Gasteiger partial charge on any atom is 0.241 e. The van der Waals surface area contributed by atoms with Crippen LogP contribution in [-0.4, -0.2) is 20.0 Å². The molecule has 21 heavy (non-hydrogen) atoms. The van der Waals surface area contributed by atoms with Gasteiger partial charge in [-0.05, 0) is 42.8 Å². The van der Waals surface area contributed by atoms with E-state index in [1.807, 2.05) is 6.07 Å². The van der Waals surface area contributed by atoms with Crippen LogP contribution in [0.1, 0.15) is 24.2 Å². The van der Waals surface area contributed by atoms with Crippen molar-refractivity contribution < 1.29 is 13.2 Å². The Morgan fingerprint density at radius 3 is 2.90 bits per heavy atom. The average Bonchev–Trinajstić information content (AvgIpc) is 2.95. The van der Waals surface area contributed by atoms with Crippen LogP contribution in [0.2, 0.25) is 0 Å². The summed E-state index contributed by atoms with van der Waals surface area (Å²) in [5.41, 5.74) is 1.62. The third-order valence-electron chi connectivity index (χ3n) is 3.43. The summed E-state index contributed by atoms with van der Waals surface area (Å²) < 4.78 is 32.9. The van der Waals surface area contributed by atoms with Gasteiger partial charge in [0.2, 0.25) is 10.0 Å². The number of aromatic nitrogens is 1. The molecule has 1 aliphatic rings. The highest BCUT2D eigenvalue weighted by atomic mass is 32.2. The molecule has 0 saturated carbocycles. The average molecular weight is 304 g/mol. The van der Waals surface area contributed by atoms with Crippen molar-refractivity contribution in [2.45, 2.75) is 24.3 Å². The number of fused-ring (bicyclic) bond motifs is 1. The van der Waals surface area contributed by atoms with Crippen molar-refractivity contribution in [3.8, 4) is 5.75 Å². The fourth-order valence-corrected chi connectivity index (χ4v) is 3.59. The molecule has 0 radical (unpaired) electrons. The number of hydrogen-bond donors (Lipinski definition) is 1. The standard InChI is InChI=1S/C15H16N2O3S/c1-11(14-4-2-3-8-16-14)17-21(18,19)13-5-6-15-12(10-13)7-9-20-15/h2-6,8,10-11,17H,7,9H2,1H3/t11-/m0/s1. The molecule has 1 N–H and O–H groups in total. The summed E-state index contributed by atoms with van der Waals surface area (Å²) in [5.74, 6) is 0.770. The summed E-state index contributed by atoms with van der Waals surface area (Å²) >= 11 is 0. The summed E-state index contributed by atoms with van der Waals surface area (Å²) in [4.78, 5) is 4.43. The minimum Gasteiger partial charge on any atom is -0.493 e. The van der Waals surface area contributed by atoms with Gasteiger partial charge in [-0.1, -0.05) is 6.07 Å². The number of hydrogen-bond acceptors (Lipinski definition) is 4. The first-order valence-corrected chi connectivity index (χ1v) is 8.23. The van der Waals surface area contributed by atoms with Crippen LogP contribution in [0.3, 0.4) is 0 Å². The molecule has 0 bridgehead atoms. The summed E-state index contributed by atoms with van der Waals surface area (Å²) in [6.45, 7) is 2.38. The van der Waals surface area contributed by atoms with Crippen LogP contribution < -0.4 is 9.46 Å². The van der Waals surface area contributed by atoms with Gasteiger partial charge >= 0.3 is 0 Å². The number of benzene rings is 1. The molecule has 3 rings (SSSR count). The van der Waals surface area contributed by atoms with Crippen LogP contribution in [-0.2, 0) is 16.4 Å². The molecule has 0 spiro atoms. The number of ether oxygens (including phenoxy) is 1. The molecule has 0 amide bonds. The zero-order chi connectivity index (χ0) is 14.9. The van der Waals surface area contributed by atoms with Gasteiger partial charge in [-0.25, -0.2) is 13.1 Å². The molecule has 1 aromatic heterocycles. The third-order valence-corrected chi connectivity index (χ3v) is 4.97. The lowest BCUT2D eigenvalue weighted by Gasteiger charge is -2.14. The SMILES string of the molecule is C[C@H](NS(=O)(=O)c1ccc2c(c1)CCO2)c1ccccn1. The van der Waals surface area contributed by atoms with Crippen LogP contribution in [0, 0.1) is 0 Å². The Morgan fingerprint density at radius 1 is 1.29 bits per heavy atom. The zero-order valence-corrected chi connectivity index (χ0v) is 12.4. The largest absolute Gasteiger partial charge is 0.493 e. The highest BCUT2D eigenvalue weighted by Crippen LogP contribution is 2.28. The molecule has 2 aromatic rings. The van der Waals surface area contributed by atoms with Gasteiger partial charge in [-0.2, -0.15) is 0 Å². The van der Waals surface area contributed by atoms with Gasteiger partial charge in [-0.15, -0.1) is 0 Å². The van der Waals surface area contributed by atoms with E-state index in [9.17, 15) is 8.42 Å². The van der Waals surface area contributed by atoms with Crippen molar-refractivity contribution in [2.24, 2.45) is 0 Å². The van der Waals surface area contributed by atoms with Crippen molar-refractivity contribution in [1.82, 2.24) is 9.71 Å². The van der Waals surface area contributed by atoms with Crippen LogP contribution in [0.25, 0.3) is 0 Å². The molecular weight excluding hydrogens is 288 g/mol. The Bertz CT molecular complexity index is 745. The number of sulfonamides is 1. The number of rotatable bonds is 4. The number of nitrogens with zero attached hydrogens (tertiary/aromatic N) is 1. The Labute approximate surface area is 124 Å². The molecule has 0 aliphatic carbocycles. The van der Waals surface area contributed by atoms with E-state index in [4.69, 9.17) is 4.74 Å². The van der Waals surface area contributed by atoms with E-state index in [1.54, 1.807) is 43.5 Å². The molecule has 6 heteroatoms. The highest BCUT2D eigenvalue weighted by Gasteiger charge is 2.21. The molecule has 0 fully saturated rings. The second-order valence-electron chi connectivity index (χ2n) is 4.97. The lowest BCUT2D eigenvalue weighted by molar-refractivity contribution is 0.356. The van der Waals surface area contributed by atoms with Crippen LogP contribution in [0.4, 0.5) is 0 Å². The Morgan fingerprint density at radius 2 is 2.14 bits per heavy atom. The van der Waals surface area contributed by atoms with Crippen LogP contribution in [0.5, 0.6) is 5.75 Å². The van der Waals surface area contributed by atoms with Gasteiger partial charge in [0.25, 0.3) is 0 Å². The second-order valence-corrected chi connectivity index (χ2v) is 6.68. The van der Waals surface area contributed by atoms with Gasteiger partial charge in [0.05, 0.1) is 23.2 Å². The summed E-state index contributed by atoms with van der Waals surface area (Å²) in [6, 6.07) is 9.99. The highest BCUT2D eigenvalue weighted by molar-refractivity contribution is 7.89. The summed E-state index contributed by atoms with van der Waals surface area (Å²) in [6.07, 6.45) is 2.39. The normalized spacial score (nSPS) is 15.3. The van der Waals surface area contributed by atoms with Crippen LogP contribution >= 0.6 is 0 Å². The number of pyridine rings is 1. The molecule has 2 heterocycles. The maximum atomic E-state index is 12.4. The first kappa shape index (κ1) is 14.0. The molecule has 110 valence electrons. The van der Waals surface area contributed by atoms with Gasteiger partial charge in [0.15, 0.2) is 0 Å². The second kappa shape index (κ2) is 5.46. The molecule has 0 unspecified atom stereocenters. The quantitative estimate of drug-likeness (QED) is 0.938. The van der Waals surface area contributed by atoms with E-state index >= 15 is 0 Å². The van der Waals surface area contributed by atoms with Gasteiger partial charge in [0, 0.05) is 12.6 Å². The Kier molecular flexibility index (Phi) is 3.65. The van der Waals surface area contributed by atoms with Crippen LogP contribution in [0.15, 0.2) is 47.5 Å². The fourth-order valence-electron chi connectivity index (χ4n) is 2.32. The van der Waals surface area contributed by atoms with E-state index in [1.165, 1.54) is 0 Å². The maximum absolute atomic E-state index is 12.4. The lowest BCUT2D eigenvalue weighted by Crippen LogP contribution is -2.27. The minimum atomic E-state index is -3.57. The smallest absolute Gasteiger partial charge is 0.241 e. The summed E-state index contributed by atoms with van der Waals surface area (Å²) in [7, 11) is -3.57. The number of nitrogens with one attached hydrogen (secondary N) is 1. The van der Waals surface area contributed by atoms with Gasteiger partial charge < -0.3 is 4.74 Å². The molecule has 5 nitrogen and oxygen atoms in total. The molecular formula is C15H16N2O3S. The summed E-state index contributed by atoms with van der Waals surface area (Å²) in [5, 5.41) is 0. The first-order valence-electron chi connectivity index (χ1n) is 6.75. The van der Waals surface area contributed by atoms with Gasteiger partial charge in [0.1, 0.15) is 5.75 Å². The van der Waals surface area contributed by atoms with Crippen molar-refractivity contribution in [3.05, 3.63) is 53.9 Å². The minimum absolute atomic E-state index is 0.259. The monoisotopic (exact) mass is 304 g/mol. The van der Waals surface area contributed by atoms with Crippen molar-refractivity contribution in [2.75, 3.05) is 6.61 Å². The van der Waals surface area contributed by atoms with Crippen molar-refractivity contribution in [1.29, 1.82) is 0 Å².